The molecule has 1 N–H and O–H groups in total. The second kappa shape index (κ2) is 4.80. The lowest BCUT2D eigenvalue weighted by atomic mass is 10.1. The first-order valence-corrected chi connectivity index (χ1v) is 5.73. The summed E-state index contributed by atoms with van der Waals surface area (Å²) in [6.45, 7) is 2.76. The molecule has 6 heteroatoms. The molecule has 1 aromatic rings. The third-order valence-electron chi connectivity index (χ3n) is 3.14. The molecule has 0 saturated carbocycles. The highest BCUT2D eigenvalue weighted by molar-refractivity contribution is 5.67. The summed E-state index contributed by atoms with van der Waals surface area (Å²) in [7, 11) is 0. The number of amides is 1. The molecule has 1 aromatic carbocycles. The number of carboxylic acid groups (broad SMARTS) is 1. The highest BCUT2D eigenvalue weighted by atomic mass is 19.1. The van der Waals surface area contributed by atoms with E-state index >= 15 is 0 Å². The van der Waals surface area contributed by atoms with E-state index in [1.165, 1.54) is 23.1 Å². The first kappa shape index (κ1) is 12.6. The summed E-state index contributed by atoms with van der Waals surface area (Å²) in [6, 6.07) is 3.55. The van der Waals surface area contributed by atoms with Gasteiger partial charge in [-0.15, -0.1) is 0 Å². The van der Waals surface area contributed by atoms with Gasteiger partial charge in [0.25, 0.3) is 0 Å². The minimum Gasteiger partial charge on any atom is -0.465 e. The molecule has 1 aliphatic rings. The van der Waals surface area contributed by atoms with E-state index in [2.05, 4.69) is 0 Å². The maximum Gasteiger partial charge on any atom is 0.407 e. The quantitative estimate of drug-likeness (QED) is 0.901. The molecule has 1 aliphatic heterocycles. The van der Waals surface area contributed by atoms with Gasteiger partial charge in [0.2, 0.25) is 0 Å². The topological polar surface area (TPSA) is 43.8 Å². The predicted octanol–water partition coefficient (Wildman–Crippen LogP) is 2.15. The van der Waals surface area contributed by atoms with Crippen LogP contribution in [0.4, 0.5) is 19.3 Å². The molecule has 98 valence electrons. The lowest BCUT2D eigenvalue weighted by Crippen LogP contribution is -2.61. The van der Waals surface area contributed by atoms with Crippen molar-refractivity contribution in [3.05, 3.63) is 29.8 Å². The van der Waals surface area contributed by atoms with Crippen LogP contribution in [-0.2, 0) is 0 Å². The number of anilines is 1. The van der Waals surface area contributed by atoms with E-state index < -0.39 is 17.7 Å². The fourth-order valence-corrected chi connectivity index (χ4v) is 2.17. The van der Waals surface area contributed by atoms with Crippen molar-refractivity contribution in [2.24, 2.45) is 0 Å². The van der Waals surface area contributed by atoms with E-state index in [4.69, 9.17) is 5.11 Å². The number of halogens is 2. The molecule has 1 amide bonds. The summed E-state index contributed by atoms with van der Waals surface area (Å²) in [5, 5.41) is 8.74. The fraction of sp³-hybridized carbons (Fsp3) is 0.417. The molecule has 1 saturated heterocycles. The van der Waals surface area contributed by atoms with E-state index in [-0.39, 0.29) is 24.8 Å². The SMILES string of the molecule is CCN(c1c(F)cccc1F)C1CN(C(=O)O)C1. The number of hydrogen-bond acceptors (Lipinski definition) is 2. The standard InChI is InChI=1S/C12H14F2N2O2/c1-2-16(8-6-15(7-8)12(17)18)11-9(13)4-3-5-10(11)14/h3-5,8H,2,6-7H2,1H3,(H,17,18). The van der Waals surface area contributed by atoms with Crippen LogP contribution >= 0.6 is 0 Å². The average molecular weight is 256 g/mol. The zero-order chi connectivity index (χ0) is 13.3. The van der Waals surface area contributed by atoms with Gasteiger partial charge >= 0.3 is 6.09 Å². The highest BCUT2D eigenvalue weighted by Crippen LogP contribution is 2.28. The third-order valence-corrected chi connectivity index (χ3v) is 3.14. The van der Waals surface area contributed by atoms with Gasteiger partial charge in [-0.1, -0.05) is 6.07 Å². The number of benzene rings is 1. The number of likely N-dealkylation sites (tertiary alicyclic amines) is 1. The van der Waals surface area contributed by atoms with Gasteiger partial charge in [-0.3, -0.25) is 0 Å². The van der Waals surface area contributed by atoms with Crippen LogP contribution in [0.5, 0.6) is 0 Å². The van der Waals surface area contributed by atoms with E-state index in [0.29, 0.717) is 6.54 Å². The highest BCUT2D eigenvalue weighted by Gasteiger charge is 2.36. The number of likely N-dealkylation sites (N-methyl/N-ethyl adjacent to an activating group) is 1. The molecule has 0 atom stereocenters. The van der Waals surface area contributed by atoms with Gasteiger partial charge < -0.3 is 14.9 Å². The Morgan fingerprint density at radius 2 is 2.00 bits per heavy atom. The van der Waals surface area contributed by atoms with Crippen molar-refractivity contribution in [3.63, 3.8) is 0 Å². The van der Waals surface area contributed by atoms with Crippen LogP contribution in [0.1, 0.15) is 6.92 Å². The van der Waals surface area contributed by atoms with E-state index in [9.17, 15) is 13.6 Å². The van der Waals surface area contributed by atoms with Crippen LogP contribution < -0.4 is 4.90 Å². The van der Waals surface area contributed by atoms with Crippen molar-refractivity contribution in [1.29, 1.82) is 0 Å². The van der Waals surface area contributed by atoms with Crippen LogP contribution in [0, 0.1) is 11.6 Å². The van der Waals surface area contributed by atoms with Crippen molar-refractivity contribution < 1.29 is 18.7 Å². The Labute approximate surface area is 103 Å². The minimum atomic E-state index is -1.00. The monoisotopic (exact) mass is 256 g/mol. The Hall–Kier alpha value is -1.85. The van der Waals surface area contributed by atoms with Crippen molar-refractivity contribution in [1.82, 2.24) is 4.90 Å². The number of carbonyl (C=O) groups is 1. The van der Waals surface area contributed by atoms with Crippen molar-refractivity contribution >= 4 is 11.8 Å². The average Bonchev–Trinajstić information content (AvgIpc) is 2.23. The van der Waals surface area contributed by atoms with Gasteiger partial charge in [0, 0.05) is 19.6 Å². The second-order valence-corrected chi connectivity index (χ2v) is 4.20. The van der Waals surface area contributed by atoms with Crippen molar-refractivity contribution in [2.75, 3.05) is 24.5 Å². The summed E-state index contributed by atoms with van der Waals surface area (Å²) >= 11 is 0. The normalized spacial score (nSPS) is 15.4. The Balaban J connectivity index is 2.18. The molecule has 1 heterocycles. The van der Waals surface area contributed by atoms with Gasteiger partial charge in [0.05, 0.1) is 6.04 Å². The molecule has 0 spiro atoms. The summed E-state index contributed by atoms with van der Waals surface area (Å²) < 4.78 is 27.3. The summed E-state index contributed by atoms with van der Waals surface area (Å²) in [6.07, 6.45) is -1.00. The number of para-hydroxylation sites is 1. The smallest absolute Gasteiger partial charge is 0.407 e. The molecule has 2 rings (SSSR count). The van der Waals surface area contributed by atoms with E-state index in [0.717, 1.165) is 0 Å². The predicted molar refractivity (Wildman–Crippen MR) is 62.8 cm³/mol. The molecular formula is C12H14F2N2O2. The van der Waals surface area contributed by atoms with Crippen LogP contribution in [0.25, 0.3) is 0 Å². The zero-order valence-corrected chi connectivity index (χ0v) is 9.94. The first-order valence-electron chi connectivity index (χ1n) is 5.73. The summed E-state index contributed by atoms with van der Waals surface area (Å²) in [4.78, 5) is 13.5. The van der Waals surface area contributed by atoms with Gasteiger partial charge in [-0.2, -0.15) is 0 Å². The molecule has 0 radical (unpaired) electrons. The maximum atomic E-state index is 13.7. The maximum absolute atomic E-state index is 13.7. The molecule has 0 bridgehead atoms. The van der Waals surface area contributed by atoms with Crippen molar-refractivity contribution in [2.45, 2.75) is 13.0 Å². The molecule has 18 heavy (non-hydrogen) atoms. The summed E-state index contributed by atoms with van der Waals surface area (Å²) in [5.41, 5.74) is -0.0740. The Kier molecular flexibility index (Phi) is 3.36. The van der Waals surface area contributed by atoms with Crippen LogP contribution in [-0.4, -0.2) is 41.8 Å². The molecular weight excluding hydrogens is 242 g/mol. The third kappa shape index (κ3) is 2.10. The van der Waals surface area contributed by atoms with E-state index in [1.807, 2.05) is 0 Å². The first-order chi connectivity index (χ1) is 8.54. The molecule has 1 fully saturated rings. The van der Waals surface area contributed by atoms with Crippen molar-refractivity contribution in [3.8, 4) is 0 Å². The Morgan fingerprint density at radius 1 is 1.44 bits per heavy atom. The van der Waals surface area contributed by atoms with Gasteiger partial charge in [-0.05, 0) is 19.1 Å². The lowest BCUT2D eigenvalue weighted by Gasteiger charge is -2.44. The van der Waals surface area contributed by atoms with Crippen LogP contribution in [0.2, 0.25) is 0 Å². The zero-order valence-electron chi connectivity index (χ0n) is 9.94. The van der Waals surface area contributed by atoms with Gasteiger partial charge in [0.15, 0.2) is 0 Å². The van der Waals surface area contributed by atoms with Gasteiger partial charge in [0.1, 0.15) is 17.3 Å². The molecule has 0 aromatic heterocycles. The Morgan fingerprint density at radius 3 is 2.44 bits per heavy atom. The Bertz CT molecular complexity index is 441. The molecule has 0 aliphatic carbocycles. The lowest BCUT2D eigenvalue weighted by molar-refractivity contribution is 0.104. The summed E-state index contributed by atoms with van der Waals surface area (Å²) in [5.74, 6) is -1.24. The minimum absolute atomic E-state index is 0.0740. The van der Waals surface area contributed by atoms with Crippen LogP contribution in [0.3, 0.4) is 0 Å². The van der Waals surface area contributed by atoms with Gasteiger partial charge in [-0.25, -0.2) is 13.6 Å². The number of rotatable bonds is 3. The molecule has 4 nitrogen and oxygen atoms in total. The largest absolute Gasteiger partial charge is 0.465 e. The molecule has 0 unspecified atom stereocenters. The second-order valence-electron chi connectivity index (χ2n) is 4.20. The number of hydrogen-bond donors (Lipinski definition) is 1. The van der Waals surface area contributed by atoms with E-state index in [1.54, 1.807) is 11.8 Å². The fourth-order valence-electron chi connectivity index (χ4n) is 2.17. The number of nitrogens with zero attached hydrogens (tertiary/aromatic N) is 2. The van der Waals surface area contributed by atoms with Crippen LogP contribution in [0.15, 0.2) is 18.2 Å².